The highest BCUT2D eigenvalue weighted by molar-refractivity contribution is 5.95. The average Bonchev–Trinajstić information content (AvgIpc) is 2.98. The Labute approximate surface area is 115 Å². The summed E-state index contributed by atoms with van der Waals surface area (Å²) in [6, 6.07) is 9.62. The number of rotatable bonds is 4. The Balaban J connectivity index is 2.10. The zero-order chi connectivity index (χ0) is 13.9. The molecule has 3 aromatic rings. The Morgan fingerprint density at radius 1 is 1.25 bits per heavy atom. The number of nitrogens with one attached hydrogen (secondary N) is 2. The Bertz CT molecular complexity index is 724. The summed E-state index contributed by atoms with van der Waals surface area (Å²) in [7, 11) is 0. The van der Waals surface area contributed by atoms with E-state index in [0.29, 0.717) is 12.4 Å². The molecule has 2 aromatic heterocycles. The molecule has 0 amide bonds. The monoisotopic (exact) mass is 269 g/mol. The van der Waals surface area contributed by atoms with Crippen LogP contribution in [-0.4, -0.2) is 33.4 Å². The number of nitrogens with two attached hydrogens (primary N) is 1. The van der Waals surface area contributed by atoms with Crippen LogP contribution >= 0.6 is 0 Å². The van der Waals surface area contributed by atoms with Crippen molar-refractivity contribution in [3.63, 3.8) is 0 Å². The lowest BCUT2D eigenvalue weighted by Crippen LogP contribution is -2.07. The lowest BCUT2D eigenvalue weighted by molar-refractivity contribution is 0.311. The predicted molar refractivity (Wildman–Crippen MR) is 79.3 cm³/mol. The van der Waals surface area contributed by atoms with E-state index >= 15 is 0 Å². The van der Waals surface area contributed by atoms with E-state index in [0.717, 1.165) is 27.8 Å². The molecule has 1 aromatic carbocycles. The van der Waals surface area contributed by atoms with Gasteiger partial charge < -0.3 is 16.2 Å². The molecule has 5 N–H and O–H groups in total. The fourth-order valence-corrected chi connectivity index (χ4v) is 2.17. The normalized spacial score (nSPS) is 10.8. The van der Waals surface area contributed by atoms with E-state index in [-0.39, 0.29) is 6.61 Å². The summed E-state index contributed by atoms with van der Waals surface area (Å²) in [5.41, 5.74) is 9.44. The second kappa shape index (κ2) is 5.18. The number of aromatic nitrogens is 3. The number of aliphatic hydroxyl groups is 1. The lowest BCUT2D eigenvalue weighted by Gasteiger charge is -2.10. The predicted octanol–water partition coefficient (Wildman–Crippen LogP) is 1.61. The SMILES string of the molecule is Nc1cc(NCCO)c2ccc(-c3ccn[nH]3)cc2n1. The first-order chi connectivity index (χ1) is 9.78. The Kier molecular flexibility index (Phi) is 3.22. The summed E-state index contributed by atoms with van der Waals surface area (Å²) in [6.45, 7) is 0.538. The highest BCUT2D eigenvalue weighted by Crippen LogP contribution is 2.28. The van der Waals surface area contributed by atoms with Crippen molar-refractivity contribution >= 4 is 22.4 Å². The quantitative estimate of drug-likeness (QED) is 0.576. The molecular formula is C14H15N5O. The number of aliphatic hydroxyl groups excluding tert-OH is 1. The van der Waals surface area contributed by atoms with Crippen molar-refractivity contribution in [3.05, 3.63) is 36.5 Å². The molecule has 6 nitrogen and oxygen atoms in total. The number of benzene rings is 1. The highest BCUT2D eigenvalue weighted by Gasteiger charge is 2.07. The minimum atomic E-state index is 0.0654. The van der Waals surface area contributed by atoms with Crippen molar-refractivity contribution in [2.75, 3.05) is 24.2 Å². The standard InChI is InChI=1S/C14H15N5O/c15-14-8-12(16-5-6-20)10-2-1-9(7-13(10)18-14)11-3-4-17-19-11/h1-4,7-8,20H,5-6H2,(H,17,19)(H3,15,16,18). The maximum atomic E-state index is 8.92. The van der Waals surface area contributed by atoms with Crippen LogP contribution in [0.5, 0.6) is 0 Å². The van der Waals surface area contributed by atoms with Gasteiger partial charge in [-0.15, -0.1) is 0 Å². The van der Waals surface area contributed by atoms with Crippen LogP contribution in [0.2, 0.25) is 0 Å². The first-order valence-electron chi connectivity index (χ1n) is 6.32. The highest BCUT2D eigenvalue weighted by atomic mass is 16.3. The largest absolute Gasteiger partial charge is 0.395 e. The number of hydrogen-bond acceptors (Lipinski definition) is 5. The third kappa shape index (κ3) is 2.28. The molecule has 0 saturated heterocycles. The van der Waals surface area contributed by atoms with Crippen molar-refractivity contribution in [3.8, 4) is 11.3 Å². The van der Waals surface area contributed by atoms with Crippen LogP contribution in [0.25, 0.3) is 22.2 Å². The lowest BCUT2D eigenvalue weighted by atomic mass is 10.1. The summed E-state index contributed by atoms with van der Waals surface area (Å²) < 4.78 is 0. The maximum Gasteiger partial charge on any atom is 0.126 e. The average molecular weight is 269 g/mol. The molecule has 102 valence electrons. The van der Waals surface area contributed by atoms with Gasteiger partial charge in [-0.2, -0.15) is 5.10 Å². The van der Waals surface area contributed by atoms with Crippen LogP contribution in [0.4, 0.5) is 11.5 Å². The number of pyridine rings is 1. The molecule has 0 aliphatic carbocycles. The van der Waals surface area contributed by atoms with Crippen LogP contribution in [0.1, 0.15) is 0 Å². The van der Waals surface area contributed by atoms with Gasteiger partial charge in [-0.05, 0) is 12.1 Å². The first-order valence-corrected chi connectivity index (χ1v) is 6.32. The second-order valence-corrected chi connectivity index (χ2v) is 4.45. The van der Waals surface area contributed by atoms with Crippen LogP contribution in [0, 0.1) is 0 Å². The molecule has 0 fully saturated rings. The van der Waals surface area contributed by atoms with E-state index in [9.17, 15) is 0 Å². The van der Waals surface area contributed by atoms with E-state index < -0.39 is 0 Å². The zero-order valence-corrected chi connectivity index (χ0v) is 10.8. The van der Waals surface area contributed by atoms with Crippen molar-refractivity contribution in [2.45, 2.75) is 0 Å². The van der Waals surface area contributed by atoms with Gasteiger partial charge in [-0.3, -0.25) is 5.10 Å². The second-order valence-electron chi connectivity index (χ2n) is 4.45. The molecule has 2 heterocycles. The van der Waals surface area contributed by atoms with Gasteiger partial charge in [0.1, 0.15) is 5.82 Å². The van der Waals surface area contributed by atoms with Crippen molar-refractivity contribution in [1.82, 2.24) is 15.2 Å². The van der Waals surface area contributed by atoms with Crippen LogP contribution < -0.4 is 11.1 Å². The Hall–Kier alpha value is -2.60. The van der Waals surface area contributed by atoms with E-state index in [1.54, 1.807) is 12.3 Å². The number of hydrogen-bond donors (Lipinski definition) is 4. The minimum Gasteiger partial charge on any atom is -0.395 e. The van der Waals surface area contributed by atoms with Crippen LogP contribution in [0.3, 0.4) is 0 Å². The molecule has 0 aliphatic rings. The minimum absolute atomic E-state index is 0.0654. The topological polar surface area (TPSA) is 99.9 Å². The molecule has 0 unspecified atom stereocenters. The van der Waals surface area contributed by atoms with Crippen LogP contribution in [0.15, 0.2) is 36.5 Å². The molecule has 20 heavy (non-hydrogen) atoms. The third-order valence-electron chi connectivity index (χ3n) is 3.07. The van der Waals surface area contributed by atoms with Gasteiger partial charge in [0.25, 0.3) is 0 Å². The van der Waals surface area contributed by atoms with E-state index in [4.69, 9.17) is 10.8 Å². The van der Waals surface area contributed by atoms with Gasteiger partial charge in [0.15, 0.2) is 0 Å². The summed E-state index contributed by atoms with van der Waals surface area (Å²) in [6.07, 6.45) is 1.71. The van der Waals surface area contributed by atoms with Gasteiger partial charge in [0, 0.05) is 35.4 Å². The van der Waals surface area contributed by atoms with E-state index in [1.807, 2.05) is 24.3 Å². The molecule has 0 saturated carbocycles. The number of nitrogen functional groups attached to an aromatic ring is 1. The Morgan fingerprint density at radius 3 is 2.90 bits per heavy atom. The smallest absolute Gasteiger partial charge is 0.126 e. The van der Waals surface area contributed by atoms with Gasteiger partial charge >= 0.3 is 0 Å². The molecule has 3 rings (SSSR count). The Morgan fingerprint density at radius 2 is 2.15 bits per heavy atom. The van der Waals surface area contributed by atoms with E-state index in [2.05, 4.69) is 20.5 Å². The number of aromatic amines is 1. The molecule has 0 atom stereocenters. The fourth-order valence-electron chi connectivity index (χ4n) is 2.17. The van der Waals surface area contributed by atoms with Crippen LogP contribution in [-0.2, 0) is 0 Å². The molecule has 0 spiro atoms. The molecule has 0 bridgehead atoms. The van der Waals surface area contributed by atoms with Gasteiger partial charge in [-0.1, -0.05) is 12.1 Å². The zero-order valence-electron chi connectivity index (χ0n) is 10.8. The number of nitrogens with zero attached hydrogens (tertiary/aromatic N) is 2. The fraction of sp³-hybridized carbons (Fsp3) is 0.143. The molecule has 0 radical (unpaired) electrons. The third-order valence-corrected chi connectivity index (χ3v) is 3.07. The van der Waals surface area contributed by atoms with Gasteiger partial charge in [0.05, 0.1) is 17.8 Å². The van der Waals surface area contributed by atoms with Crippen molar-refractivity contribution in [1.29, 1.82) is 0 Å². The number of fused-ring (bicyclic) bond motifs is 1. The van der Waals surface area contributed by atoms with E-state index in [1.165, 1.54) is 0 Å². The summed E-state index contributed by atoms with van der Waals surface area (Å²) >= 11 is 0. The number of H-pyrrole nitrogens is 1. The molecule has 0 aliphatic heterocycles. The number of anilines is 2. The summed E-state index contributed by atoms with van der Waals surface area (Å²) in [5, 5.41) is 19.9. The first kappa shape index (κ1) is 12.4. The van der Waals surface area contributed by atoms with Crippen molar-refractivity contribution < 1.29 is 5.11 Å². The van der Waals surface area contributed by atoms with Crippen molar-refractivity contribution in [2.24, 2.45) is 0 Å². The molecule has 6 heteroatoms. The maximum absolute atomic E-state index is 8.92. The van der Waals surface area contributed by atoms with Gasteiger partial charge in [-0.25, -0.2) is 4.98 Å². The van der Waals surface area contributed by atoms with Gasteiger partial charge in [0.2, 0.25) is 0 Å². The summed E-state index contributed by atoms with van der Waals surface area (Å²) in [5.74, 6) is 0.444. The summed E-state index contributed by atoms with van der Waals surface area (Å²) in [4.78, 5) is 4.36. The molecular weight excluding hydrogens is 254 g/mol.